The summed E-state index contributed by atoms with van der Waals surface area (Å²) in [6, 6.07) is 9.30. The van der Waals surface area contributed by atoms with Crippen molar-refractivity contribution in [3.63, 3.8) is 0 Å². The summed E-state index contributed by atoms with van der Waals surface area (Å²) in [5.74, 6) is 0. The van der Waals surface area contributed by atoms with Gasteiger partial charge < -0.3 is 9.47 Å². The maximum atomic E-state index is 11.6. The second kappa shape index (κ2) is 4.61. The predicted molar refractivity (Wildman–Crippen MR) is 67.5 cm³/mol. The highest BCUT2D eigenvalue weighted by atomic mass is 16.6. The molecule has 1 aliphatic carbocycles. The van der Waals surface area contributed by atoms with E-state index in [0.717, 1.165) is 18.5 Å². The lowest BCUT2D eigenvalue weighted by Gasteiger charge is -2.17. The molecule has 1 saturated heterocycles. The molecule has 1 amide bonds. The zero-order valence-electron chi connectivity index (χ0n) is 10.2. The molecule has 96 valence electrons. The topological polar surface area (TPSA) is 50.9 Å². The van der Waals surface area contributed by atoms with Gasteiger partial charge in [-0.15, -0.1) is 0 Å². The van der Waals surface area contributed by atoms with E-state index in [1.807, 2.05) is 30.3 Å². The molecule has 3 rings (SSSR count). The van der Waals surface area contributed by atoms with Crippen molar-refractivity contribution in [3.8, 4) is 0 Å². The number of carbonyl (C=O) groups is 1. The number of nitrogens with one attached hydrogen (secondary N) is 1. The van der Waals surface area contributed by atoms with Crippen LogP contribution in [0.3, 0.4) is 0 Å². The summed E-state index contributed by atoms with van der Waals surface area (Å²) in [7, 11) is 0. The smallest absolute Gasteiger partial charge is 0.411 e. The maximum Gasteiger partial charge on any atom is 0.411 e. The molecule has 4 heteroatoms. The van der Waals surface area contributed by atoms with Crippen LogP contribution < -0.4 is 5.32 Å². The molecule has 18 heavy (non-hydrogen) atoms. The Labute approximate surface area is 106 Å². The van der Waals surface area contributed by atoms with Gasteiger partial charge in [-0.05, 0) is 25.0 Å². The zero-order valence-corrected chi connectivity index (χ0v) is 10.2. The van der Waals surface area contributed by atoms with E-state index in [1.165, 1.54) is 12.8 Å². The summed E-state index contributed by atoms with van der Waals surface area (Å²) in [6.45, 7) is 0.371. The highest BCUT2D eigenvalue weighted by Crippen LogP contribution is 2.47. The lowest BCUT2D eigenvalue weighted by atomic mass is 9.90. The van der Waals surface area contributed by atoms with E-state index in [0.29, 0.717) is 12.7 Å². The van der Waals surface area contributed by atoms with E-state index in [2.05, 4.69) is 5.32 Å². The van der Waals surface area contributed by atoms with Crippen LogP contribution in [0.4, 0.5) is 10.5 Å². The van der Waals surface area contributed by atoms with Gasteiger partial charge >= 0.3 is 6.09 Å². The fourth-order valence-corrected chi connectivity index (χ4v) is 2.61. The van der Waals surface area contributed by atoms with E-state index in [-0.39, 0.29) is 5.60 Å². The Morgan fingerprint density at radius 3 is 3.00 bits per heavy atom. The molecule has 2 fully saturated rings. The summed E-state index contributed by atoms with van der Waals surface area (Å²) >= 11 is 0. The van der Waals surface area contributed by atoms with Crippen LogP contribution in [0, 0.1) is 0 Å². The molecule has 0 bridgehead atoms. The molecule has 0 unspecified atom stereocenters. The number of para-hydroxylation sites is 1. The Bertz CT molecular complexity index is 434. The number of benzene rings is 1. The number of rotatable bonds is 3. The normalized spacial score (nSPS) is 29.2. The number of hydrogen-bond acceptors (Lipinski definition) is 3. The number of epoxide rings is 1. The van der Waals surface area contributed by atoms with Gasteiger partial charge in [0.25, 0.3) is 0 Å². The second-order valence-electron chi connectivity index (χ2n) is 4.98. The van der Waals surface area contributed by atoms with Crippen molar-refractivity contribution in [1.29, 1.82) is 0 Å². The average Bonchev–Trinajstić information content (AvgIpc) is 3.12. The third kappa shape index (κ3) is 2.34. The predicted octanol–water partition coefficient (Wildman–Crippen LogP) is 2.95. The fraction of sp³-hybridized carbons (Fsp3) is 0.500. The first-order valence-corrected chi connectivity index (χ1v) is 6.45. The summed E-state index contributed by atoms with van der Waals surface area (Å²) < 4.78 is 10.9. The molecule has 1 aromatic rings. The molecule has 1 saturated carbocycles. The fourth-order valence-electron chi connectivity index (χ4n) is 2.61. The molecule has 1 aliphatic heterocycles. The van der Waals surface area contributed by atoms with Gasteiger partial charge in [0.05, 0.1) is 6.10 Å². The molecule has 2 atom stereocenters. The molecule has 0 spiro atoms. The van der Waals surface area contributed by atoms with E-state index in [9.17, 15) is 4.79 Å². The number of hydrogen-bond donors (Lipinski definition) is 1. The molecule has 1 N–H and O–H groups in total. The number of amides is 1. The van der Waals surface area contributed by atoms with Crippen molar-refractivity contribution in [2.24, 2.45) is 0 Å². The lowest BCUT2D eigenvalue weighted by molar-refractivity contribution is 0.116. The van der Waals surface area contributed by atoms with Gasteiger partial charge in [-0.1, -0.05) is 31.0 Å². The standard InChI is InChI=1S/C14H17NO3/c16-13(15-11-6-2-1-3-7-11)17-10-14-9-5-4-8-12(14)18-14/h1-3,6-7,12H,4-5,8-10H2,(H,15,16)/t12-,14-/m1/s1. The van der Waals surface area contributed by atoms with Crippen LogP contribution in [-0.2, 0) is 9.47 Å². The first-order chi connectivity index (χ1) is 8.78. The third-order valence-corrected chi connectivity index (χ3v) is 3.69. The minimum atomic E-state index is -0.407. The zero-order chi connectivity index (χ0) is 12.4. The molecular formula is C14H17NO3. The molecular weight excluding hydrogens is 230 g/mol. The van der Waals surface area contributed by atoms with Crippen molar-refractivity contribution in [2.75, 3.05) is 11.9 Å². The third-order valence-electron chi connectivity index (χ3n) is 3.69. The van der Waals surface area contributed by atoms with Crippen LogP contribution in [0.1, 0.15) is 25.7 Å². The van der Waals surface area contributed by atoms with Crippen LogP contribution in [0.15, 0.2) is 30.3 Å². The van der Waals surface area contributed by atoms with Crippen molar-refractivity contribution in [2.45, 2.75) is 37.4 Å². The number of fused-ring (bicyclic) bond motifs is 1. The first-order valence-electron chi connectivity index (χ1n) is 6.45. The second-order valence-corrected chi connectivity index (χ2v) is 4.98. The van der Waals surface area contributed by atoms with Crippen molar-refractivity contribution in [3.05, 3.63) is 30.3 Å². The van der Waals surface area contributed by atoms with E-state index in [4.69, 9.17) is 9.47 Å². The largest absolute Gasteiger partial charge is 0.446 e. The molecule has 0 radical (unpaired) electrons. The minimum absolute atomic E-state index is 0.160. The average molecular weight is 247 g/mol. The number of carbonyl (C=O) groups excluding carboxylic acids is 1. The van der Waals surface area contributed by atoms with Crippen LogP contribution in [0.5, 0.6) is 0 Å². The Balaban J connectivity index is 1.48. The SMILES string of the molecule is O=C(Nc1ccccc1)OC[C@]12CCCC[C@H]1O2. The lowest BCUT2D eigenvalue weighted by Crippen LogP contribution is -2.28. The minimum Gasteiger partial charge on any atom is -0.446 e. The first kappa shape index (κ1) is 11.5. The van der Waals surface area contributed by atoms with Crippen molar-refractivity contribution >= 4 is 11.8 Å². The van der Waals surface area contributed by atoms with Crippen molar-refractivity contribution < 1.29 is 14.3 Å². The van der Waals surface area contributed by atoms with Gasteiger partial charge in [0.2, 0.25) is 0 Å². The van der Waals surface area contributed by atoms with Crippen LogP contribution in [-0.4, -0.2) is 24.4 Å². The van der Waals surface area contributed by atoms with Crippen molar-refractivity contribution in [1.82, 2.24) is 0 Å². The number of ether oxygens (including phenoxy) is 2. The van der Waals surface area contributed by atoms with Gasteiger partial charge in [-0.3, -0.25) is 5.32 Å². The Kier molecular flexibility index (Phi) is 2.96. The van der Waals surface area contributed by atoms with E-state index >= 15 is 0 Å². The molecule has 0 aromatic heterocycles. The quantitative estimate of drug-likeness (QED) is 0.835. The van der Waals surface area contributed by atoms with Gasteiger partial charge in [0.15, 0.2) is 0 Å². The van der Waals surface area contributed by atoms with Gasteiger partial charge in [-0.25, -0.2) is 4.79 Å². The molecule has 4 nitrogen and oxygen atoms in total. The highest BCUT2D eigenvalue weighted by Gasteiger charge is 2.58. The summed E-state index contributed by atoms with van der Waals surface area (Å²) in [6.07, 6.45) is 4.41. The van der Waals surface area contributed by atoms with Gasteiger partial charge in [-0.2, -0.15) is 0 Å². The van der Waals surface area contributed by atoms with Crippen LogP contribution in [0.25, 0.3) is 0 Å². The molecule has 2 aliphatic rings. The Morgan fingerprint density at radius 1 is 1.39 bits per heavy atom. The maximum absolute atomic E-state index is 11.6. The van der Waals surface area contributed by atoms with Crippen LogP contribution in [0.2, 0.25) is 0 Å². The van der Waals surface area contributed by atoms with Crippen LogP contribution >= 0.6 is 0 Å². The molecule has 1 heterocycles. The summed E-state index contributed by atoms with van der Waals surface area (Å²) in [5.41, 5.74) is 0.587. The van der Waals surface area contributed by atoms with E-state index in [1.54, 1.807) is 0 Å². The molecule has 1 aromatic carbocycles. The Morgan fingerprint density at radius 2 is 2.22 bits per heavy atom. The van der Waals surface area contributed by atoms with Gasteiger partial charge in [0.1, 0.15) is 12.2 Å². The monoisotopic (exact) mass is 247 g/mol. The summed E-state index contributed by atoms with van der Waals surface area (Å²) in [4.78, 5) is 11.6. The Hall–Kier alpha value is -1.55. The van der Waals surface area contributed by atoms with Gasteiger partial charge in [0, 0.05) is 5.69 Å². The highest BCUT2D eigenvalue weighted by molar-refractivity contribution is 5.84. The summed E-state index contributed by atoms with van der Waals surface area (Å²) in [5, 5.41) is 2.70. The van der Waals surface area contributed by atoms with E-state index < -0.39 is 6.09 Å². The number of anilines is 1.